The number of hydrogen-bond donors (Lipinski definition) is 1. The molecule has 0 aromatic heterocycles. The van der Waals surface area contributed by atoms with E-state index in [0.29, 0.717) is 0 Å². The molecule has 0 saturated carbocycles. The van der Waals surface area contributed by atoms with Crippen molar-refractivity contribution in [2.45, 2.75) is 26.2 Å². The lowest BCUT2D eigenvalue weighted by Gasteiger charge is -2.01. The summed E-state index contributed by atoms with van der Waals surface area (Å²) in [5, 5.41) is 0. The predicted molar refractivity (Wildman–Crippen MR) is 49.0 cm³/mol. The second kappa shape index (κ2) is 6.56. The summed E-state index contributed by atoms with van der Waals surface area (Å²) in [6.07, 6.45) is 10.5. The molecule has 1 aliphatic rings. The lowest BCUT2D eigenvalue weighted by Crippen LogP contribution is -1.80. The third-order valence-electron chi connectivity index (χ3n) is 1.48. The topological polar surface area (TPSA) is 26.0 Å². The van der Waals surface area contributed by atoms with Crippen molar-refractivity contribution in [1.29, 1.82) is 0 Å². The first kappa shape index (κ1) is 9.44. The van der Waals surface area contributed by atoms with Crippen LogP contribution in [0.2, 0.25) is 0 Å². The molecule has 0 saturated heterocycles. The Hall–Kier alpha value is -0.560. The van der Waals surface area contributed by atoms with Crippen molar-refractivity contribution in [3.8, 4) is 0 Å². The highest BCUT2D eigenvalue weighted by molar-refractivity contribution is 5.21. The zero-order valence-electron chi connectivity index (χ0n) is 6.93. The largest absolute Gasteiger partial charge is 0.333 e. The molecule has 0 amide bonds. The van der Waals surface area contributed by atoms with Crippen molar-refractivity contribution in [3.05, 3.63) is 23.8 Å². The molecule has 0 radical (unpaired) electrons. The molecular formula is C9H19N. The van der Waals surface area contributed by atoms with Gasteiger partial charge in [0.05, 0.1) is 0 Å². The van der Waals surface area contributed by atoms with Gasteiger partial charge in [-0.1, -0.05) is 30.7 Å². The molecule has 0 unspecified atom stereocenters. The second-order valence-corrected chi connectivity index (χ2v) is 2.11. The second-order valence-electron chi connectivity index (χ2n) is 2.11. The molecule has 60 valence electrons. The van der Waals surface area contributed by atoms with Gasteiger partial charge in [-0.15, -0.1) is 0 Å². The minimum atomic E-state index is 0. The van der Waals surface area contributed by atoms with Crippen LogP contribution in [0.1, 0.15) is 27.6 Å². The van der Waals surface area contributed by atoms with E-state index < -0.39 is 0 Å². The maximum atomic E-state index is 4.50. The van der Waals surface area contributed by atoms with Gasteiger partial charge >= 0.3 is 0 Å². The molecule has 1 aliphatic carbocycles. The summed E-state index contributed by atoms with van der Waals surface area (Å²) in [7, 11) is 1.50. The molecule has 0 fully saturated rings. The van der Waals surface area contributed by atoms with E-state index in [9.17, 15) is 0 Å². The Morgan fingerprint density at radius 2 is 2.20 bits per heavy atom. The number of allylic oxidation sites excluding steroid dienone is 4. The van der Waals surface area contributed by atoms with E-state index >= 15 is 0 Å². The normalized spacial score (nSPS) is 15.3. The van der Waals surface area contributed by atoms with E-state index in [0.717, 1.165) is 0 Å². The molecule has 0 heterocycles. The van der Waals surface area contributed by atoms with E-state index in [-0.39, 0.29) is 1.43 Å². The highest BCUT2D eigenvalue weighted by atomic mass is 14.4. The summed E-state index contributed by atoms with van der Waals surface area (Å²) in [5.74, 6) is 0. The monoisotopic (exact) mass is 141 g/mol. The fourth-order valence-corrected chi connectivity index (χ4v) is 0.930. The minimum Gasteiger partial charge on any atom is -0.333 e. The van der Waals surface area contributed by atoms with Crippen LogP contribution in [-0.4, -0.2) is 7.05 Å². The molecule has 0 atom stereocenters. The summed E-state index contributed by atoms with van der Waals surface area (Å²) in [5.41, 5.74) is 6.00. The quantitative estimate of drug-likeness (QED) is 0.596. The fourth-order valence-electron chi connectivity index (χ4n) is 0.930. The highest BCUT2D eigenvalue weighted by Crippen LogP contribution is 2.11. The van der Waals surface area contributed by atoms with Crippen LogP contribution in [0.25, 0.3) is 0 Å². The van der Waals surface area contributed by atoms with Crippen molar-refractivity contribution in [1.82, 2.24) is 0 Å². The molecule has 0 aromatic rings. The van der Waals surface area contributed by atoms with E-state index in [1.54, 1.807) is 0 Å². The third kappa shape index (κ3) is 3.46. The summed E-state index contributed by atoms with van der Waals surface area (Å²) in [4.78, 5) is 0. The van der Waals surface area contributed by atoms with Crippen molar-refractivity contribution in [2.24, 2.45) is 5.73 Å². The Labute approximate surface area is 65.1 Å². The van der Waals surface area contributed by atoms with Gasteiger partial charge in [-0.2, -0.15) is 0 Å². The average molecular weight is 141 g/mol. The molecule has 1 nitrogen and oxygen atoms in total. The number of rotatable bonds is 1. The van der Waals surface area contributed by atoms with Gasteiger partial charge in [-0.25, -0.2) is 0 Å². The maximum absolute atomic E-state index is 4.50. The number of nitrogens with two attached hydrogens (primary N) is 1. The van der Waals surface area contributed by atoms with Crippen LogP contribution < -0.4 is 5.73 Å². The standard InChI is InChI=1S/C8H12.CH5N.H2/c1-2-8-6-4-3-5-7-8;1-2;/h4,6-7H,2-3,5H2,1H3;2H2,1H3;1H. The van der Waals surface area contributed by atoms with Gasteiger partial charge in [-0.3, -0.25) is 0 Å². The van der Waals surface area contributed by atoms with Crippen LogP contribution in [0.4, 0.5) is 0 Å². The highest BCUT2D eigenvalue weighted by Gasteiger charge is 1.90. The van der Waals surface area contributed by atoms with E-state index in [1.807, 2.05) is 0 Å². The zero-order valence-corrected chi connectivity index (χ0v) is 6.93. The van der Waals surface area contributed by atoms with Gasteiger partial charge < -0.3 is 5.73 Å². The van der Waals surface area contributed by atoms with Gasteiger partial charge in [0.25, 0.3) is 0 Å². The van der Waals surface area contributed by atoms with Crippen molar-refractivity contribution >= 4 is 0 Å². The Morgan fingerprint density at radius 3 is 2.50 bits per heavy atom. The average Bonchev–Trinajstić information content (AvgIpc) is 2.10. The first-order valence-corrected chi connectivity index (χ1v) is 3.87. The lowest BCUT2D eigenvalue weighted by atomic mass is 10.1. The Morgan fingerprint density at radius 1 is 1.50 bits per heavy atom. The van der Waals surface area contributed by atoms with Gasteiger partial charge in [0, 0.05) is 1.43 Å². The third-order valence-corrected chi connectivity index (χ3v) is 1.48. The summed E-state index contributed by atoms with van der Waals surface area (Å²) in [6.45, 7) is 2.20. The van der Waals surface area contributed by atoms with Gasteiger partial charge in [0.15, 0.2) is 0 Å². The summed E-state index contributed by atoms with van der Waals surface area (Å²) < 4.78 is 0. The lowest BCUT2D eigenvalue weighted by molar-refractivity contribution is 0.984. The number of hydrogen-bond acceptors (Lipinski definition) is 1. The van der Waals surface area contributed by atoms with Gasteiger partial charge in [0.1, 0.15) is 0 Å². The molecule has 2 N–H and O–H groups in total. The van der Waals surface area contributed by atoms with E-state index in [1.165, 1.54) is 31.9 Å². The Bertz CT molecular complexity index is 128. The Kier molecular flexibility index (Phi) is 6.19. The fraction of sp³-hybridized carbons (Fsp3) is 0.556. The van der Waals surface area contributed by atoms with Crippen LogP contribution in [0.3, 0.4) is 0 Å². The molecular weight excluding hydrogens is 122 g/mol. The van der Waals surface area contributed by atoms with E-state index in [4.69, 9.17) is 0 Å². The van der Waals surface area contributed by atoms with Gasteiger partial charge in [0.2, 0.25) is 0 Å². The van der Waals surface area contributed by atoms with Crippen molar-refractivity contribution < 1.29 is 1.43 Å². The molecule has 1 rings (SSSR count). The first-order valence-electron chi connectivity index (χ1n) is 3.87. The van der Waals surface area contributed by atoms with Gasteiger partial charge in [-0.05, 0) is 26.3 Å². The maximum Gasteiger partial charge on any atom is 0 e. The predicted octanol–water partition coefficient (Wildman–Crippen LogP) is 2.49. The van der Waals surface area contributed by atoms with Crippen LogP contribution in [0.5, 0.6) is 0 Å². The molecule has 0 bridgehead atoms. The smallest absolute Gasteiger partial charge is 0 e. The van der Waals surface area contributed by atoms with Crippen LogP contribution >= 0.6 is 0 Å². The SMILES string of the molecule is CCC1=CCCC=C1.CN.[HH]. The summed E-state index contributed by atoms with van der Waals surface area (Å²) >= 11 is 0. The van der Waals surface area contributed by atoms with Crippen LogP contribution in [0.15, 0.2) is 23.8 Å². The van der Waals surface area contributed by atoms with Crippen LogP contribution in [-0.2, 0) is 0 Å². The van der Waals surface area contributed by atoms with Crippen molar-refractivity contribution in [3.63, 3.8) is 0 Å². The Balaban J connectivity index is 0. The molecule has 10 heavy (non-hydrogen) atoms. The molecule has 1 heteroatoms. The summed E-state index contributed by atoms with van der Waals surface area (Å²) in [6, 6.07) is 0. The molecule has 0 aliphatic heterocycles. The molecule has 0 spiro atoms. The zero-order chi connectivity index (χ0) is 7.82. The van der Waals surface area contributed by atoms with Crippen molar-refractivity contribution in [2.75, 3.05) is 7.05 Å². The molecule has 0 aromatic carbocycles. The van der Waals surface area contributed by atoms with Crippen LogP contribution in [0, 0.1) is 0 Å². The first-order chi connectivity index (χ1) is 4.93. The minimum absolute atomic E-state index is 0. The van der Waals surface area contributed by atoms with E-state index in [2.05, 4.69) is 30.9 Å².